The van der Waals surface area contributed by atoms with Crippen LogP contribution in [0.5, 0.6) is 0 Å². The van der Waals surface area contributed by atoms with Gasteiger partial charge >= 0.3 is 6.09 Å². The van der Waals surface area contributed by atoms with Gasteiger partial charge < -0.3 is 24.2 Å². The van der Waals surface area contributed by atoms with Gasteiger partial charge in [0.05, 0.1) is 13.2 Å². The van der Waals surface area contributed by atoms with Crippen molar-refractivity contribution in [1.82, 2.24) is 4.90 Å². The van der Waals surface area contributed by atoms with Crippen molar-refractivity contribution >= 4 is 6.09 Å². The first kappa shape index (κ1) is 22.2. The number of aryl methyl sites for hydroxylation is 1. The number of hydrogen-bond donors (Lipinski definition) is 1. The number of benzene rings is 2. The maximum absolute atomic E-state index is 15.0. The first-order valence-electron chi connectivity index (χ1n) is 10.1. The van der Waals surface area contributed by atoms with Gasteiger partial charge in [-0.1, -0.05) is 42.0 Å². The zero-order valence-electron chi connectivity index (χ0n) is 17.3. The smallest absolute Gasteiger partial charge is 0.407 e. The lowest BCUT2D eigenvalue weighted by atomic mass is 9.92. The number of morpholine rings is 1. The second kappa shape index (κ2) is 10.5. The van der Waals surface area contributed by atoms with Gasteiger partial charge in [0.2, 0.25) is 0 Å². The van der Waals surface area contributed by atoms with Crippen molar-refractivity contribution in [3.63, 3.8) is 0 Å². The van der Waals surface area contributed by atoms with E-state index in [2.05, 4.69) is 0 Å². The maximum Gasteiger partial charge on any atom is 0.407 e. The molecule has 1 aliphatic rings. The van der Waals surface area contributed by atoms with E-state index in [1.165, 1.54) is 11.0 Å². The molecule has 0 aromatic heterocycles. The zero-order chi connectivity index (χ0) is 21.5. The van der Waals surface area contributed by atoms with Gasteiger partial charge in [0, 0.05) is 32.4 Å². The molecular formula is C23H28FNO5. The summed E-state index contributed by atoms with van der Waals surface area (Å²) >= 11 is 0. The fourth-order valence-corrected chi connectivity index (χ4v) is 3.73. The number of methoxy groups -OCH3 is 1. The number of carboxylic acid groups (broad SMARTS) is 1. The molecule has 1 N–H and O–H groups in total. The molecule has 1 saturated heterocycles. The highest BCUT2D eigenvalue weighted by atomic mass is 19.1. The maximum atomic E-state index is 15.0. The SMILES string of the molecule is COCCCOC(c1cccc(F)c1-c1cccc(C)c1)C1CN(C(=O)O)CCO1. The van der Waals surface area contributed by atoms with Crippen LogP contribution < -0.4 is 0 Å². The van der Waals surface area contributed by atoms with Gasteiger partial charge in [-0.3, -0.25) is 0 Å². The lowest BCUT2D eigenvalue weighted by Gasteiger charge is -2.36. The van der Waals surface area contributed by atoms with Crippen LogP contribution in [0, 0.1) is 12.7 Å². The molecule has 162 valence electrons. The standard InChI is InChI=1S/C23H28FNO5/c1-16-6-3-7-17(14-16)21-18(8-4-9-19(21)24)22(30-12-5-11-28-2)20-15-25(23(26)27)10-13-29-20/h3-4,6-9,14,20,22H,5,10-13,15H2,1-2H3,(H,26,27). The molecule has 1 amide bonds. The minimum absolute atomic E-state index is 0.161. The van der Waals surface area contributed by atoms with E-state index in [1.807, 2.05) is 37.3 Å². The molecule has 0 radical (unpaired) electrons. The molecule has 6 nitrogen and oxygen atoms in total. The van der Waals surface area contributed by atoms with Gasteiger partial charge in [-0.05, 0) is 30.5 Å². The monoisotopic (exact) mass is 417 g/mol. The van der Waals surface area contributed by atoms with Crippen molar-refractivity contribution < 1.29 is 28.5 Å². The van der Waals surface area contributed by atoms with E-state index in [4.69, 9.17) is 14.2 Å². The van der Waals surface area contributed by atoms with Crippen LogP contribution in [-0.4, -0.2) is 62.2 Å². The van der Waals surface area contributed by atoms with Crippen LogP contribution in [0.25, 0.3) is 11.1 Å². The molecule has 0 aliphatic carbocycles. The summed E-state index contributed by atoms with van der Waals surface area (Å²) in [7, 11) is 1.62. The second-order valence-electron chi connectivity index (χ2n) is 7.35. The highest BCUT2D eigenvalue weighted by molar-refractivity contribution is 5.69. The third kappa shape index (κ3) is 5.36. The highest BCUT2D eigenvalue weighted by Gasteiger charge is 2.34. The molecule has 0 spiro atoms. The normalized spacial score (nSPS) is 17.7. The topological polar surface area (TPSA) is 68.2 Å². The van der Waals surface area contributed by atoms with Gasteiger partial charge in [-0.15, -0.1) is 0 Å². The summed E-state index contributed by atoms with van der Waals surface area (Å²) in [6, 6.07) is 12.5. The number of nitrogens with zero attached hydrogens (tertiary/aromatic N) is 1. The number of amides is 1. The van der Waals surface area contributed by atoms with Gasteiger partial charge in [-0.25, -0.2) is 9.18 Å². The van der Waals surface area contributed by atoms with E-state index in [9.17, 15) is 9.90 Å². The lowest BCUT2D eigenvalue weighted by molar-refractivity contribution is -0.110. The average molecular weight is 417 g/mol. The molecule has 1 fully saturated rings. The van der Waals surface area contributed by atoms with Crippen LogP contribution >= 0.6 is 0 Å². The molecule has 3 rings (SSSR count). The molecule has 7 heteroatoms. The zero-order valence-corrected chi connectivity index (χ0v) is 17.3. The fourth-order valence-electron chi connectivity index (χ4n) is 3.73. The molecule has 0 saturated carbocycles. The molecule has 30 heavy (non-hydrogen) atoms. The second-order valence-corrected chi connectivity index (χ2v) is 7.35. The van der Waals surface area contributed by atoms with Crippen LogP contribution in [0.2, 0.25) is 0 Å². The fraction of sp³-hybridized carbons (Fsp3) is 0.435. The third-order valence-corrected chi connectivity index (χ3v) is 5.15. The number of hydrogen-bond acceptors (Lipinski definition) is 4. The predicted octanol–water partition coefficient (Wildman–Crippen LogP) is 4.27. The molecule has 1 aliphatic heterocycles. The van der Waals surface area contributed by atoms with Crippen molar-refractivity contribution in [2.45, 2.75) is 25.6 Å². The molecule has 2 aromatic carbocycles. The Morgan fingerprint density at radius 2 is 2.10 bits per heavy atom. The summed E-state index contributed by atoms with van der Waals surface area (Å²) < 4.78 is 32.2. The van der Waals surface area contributed by atoms with Crippen molar-refractivity contribution in [2.24, 2.45) is 0 Å². The van der Waals surface area contributed by atoms with Gasteiger partial charge in [0.15, 0.2) is 0 Å². The van der Waals surface area contributed by atoms with Gasteiger partial charge in [-0.2, -0.15) is 0 Å². The Morgan fingerprint density at radius 3 is 2.83 bits per heavy atom. The molecule has 2 unspecified atom stereocenters. The first-order chi connectivity index (χ1) is 14.5. The Hall–Kier alpha value is -2.48. The molecule has 2 aromatic rings. The van der Waals surface area contributed by atoms with E-state index in [0.717, 1.165) is 11.1 Å². The highest BCUT2D eigenvalue weighted by Crippen LogP contribution is 2.36. The summed E-state index contributed by atoms with van der Waals surface area (Å²) in [5.74, 6) is -0.352. The largest absolute Gasteiger partial charge is 0.465 e. The van der Waals surface area contributed by atoms with Crippen LogP contribution in [-0.2, 0) is 14.2 Å². The Labute approximate surface area is 176 Å². The van der Waals surface area contributed by atoms with Gasteiger partial charge in [0.1, 0.15) is 18.0 Å². The third-order valence-electron chi connectivity index (χ3n) is 5.15. The minimum Gasteiger partial charge on any atom is -0.465 e. The van der Waals surface area contributed by atoms with E-state index < -0.39 is 18.3 Å². The number of carbonyl (C=O) groups is 1. The van der Waals surface area contributed by atoms with Crippen molar-refractivity contribution in [3.05, 3.63) is 59.4 Å². The van der Waals surface area contributed by atoms with E-state index in [0.29, 0.717) is 37.3 Å². The quantitative estimate of drug-likeness (QED) is 0.650. The Bertz CT molecular complexity index is 859. The summed E-state index contributed by atoms with van der Waals surface area (Å²) in [6.45, 7) is 3.61. The predicted molar refractivity (Wildman–Crippen MR) is 111 cm³/mol. The minimum atomic E-state index is -1.00. The number of halogens is 1. The molecule has 2 atom stereocenters. The van der Waals surface area contributed by atoms with E-state index in [1.54, 1.807) is 13.2 Å². The average Bonchev–Trinajstić information content (AvgIpc) is 2.74. The first-order valence-corrected chi connectivity index (χ1v) is 10.1. The van der Waals surface area contributed by atoms with E-state index >= 15 is 4.39 Å². The number of rotatable bonds is 8. The Balaban J connectivity index is 1.98. The van der Waals surface area contributed by atoms with Crippen LogP contribution in [0.15, 0.2) is 42.5 Å². The summed E-state index contributed by atoms with van der Waals surface area (Å²) in [4.78, 5) is 12.8. The molecule has 1 heterocycles. The van der Waals surface area contributed by atoms with Crippen LogP contribution in [0.3, 0.4) is 0 Å². The summed E-state index contributed by atoms with van der Waals surface area (Å²) in [5.41, 5.74) is 2.87. The molecular weight excluding hydrogens is 389 g/mol. The van der Waals surface area contributed by atoms with Crippen LogP contribution in [0.1, 0.15) is 23.7 Å². The van der Waals surface area contributed by atoms with Crippen LogP contribution in [0.4, 0.5) is 9.18 Å². The Kier molecular flexibility index (Phi) is 7.79. The lowest BCUT2D eigenvalue weighted by Crippen LogP contribution is -2.47. The Morgan fingerprint density at radius 1 is 1.30 bits per heavy atom. The summed E-state index contributed by atoms with van der Waals surface area (Å²) in [6.07, 6.45) is -1.49. The summed E-state index contributed by atoms with van der Waals surface area (Å²) in [5, 5.41) is 9.41. The van der Waals surface area contributed by atoms with Crippen molar-refractivity contribution in [2.75, 3.05) is 40.0 Å². The van der Waals surface area contributed by atoms with Gasteiger partial charge in [0.25, 0.3) is 0 Å². The van der Waals surface area contributed by atoms with Crippen molar-refractivity contribution in [3.8, 4) is 11.1 Å². The molecule has 0 bridgehead atoms. The number of ether oxygens (including phenoxy) is 3. The van der Waals surface area contributed by atoms with Crippen molar-refractivity contribution in [1.29, 1.82) is 0 Å². The van der Waals surface area contributed by atoms with E-state index in [-0.39, 0.29) is 19.0 Å².